The van der Waals surface area contributed by atoms with Crippen molar-refractivity contribution in [2.24, 2.45) is 0 Å². The first-order valence-electron chi connectivity index (χ1n) is 10.1. The highest BCUT2D eigenvalue weighted by atomic mass is 32.1. The molecule has 0 unspecified atom stereocenters. The van der Waals surface area contributed by atoms with E-state index in [-0.39, 0.29) is 30.9 Å². The normalized spacial score (nSPS) is 11.3. The maximum Gasteiger partial charge on any atom is 0.238 e. The van der Waals surface area contributed by atoms with Crippen LogP contribution in [-0.4, -0.2) is 47.4 Å². The van der Waals surface area contributed by atoms with Gasteiger partial charge in [0.15, 0.2) is 0 Å². The van der Waals surface area contributed by atoms with Crippen LogP contribution < -0.4 is 10.6 Å². The predicted octanol–water partition coefficient (Wildman–Crippen LogP) is 4.06. The Morgan fingerprint density at radius 2 is 1.77 bits per heavy atom. The second-order valence-electron chi connectivity index (χ2n) is 7.64. The van der Waals surface area contributed by atoms with E-state index in [4.69, 9.17) is 4.98 Å². The Bertz CT molecular complexity index is 1030. The monoisotopic (exact) mass is 424 g/mol. The maximum atomic E-state index is 12.4. The van der Waals surface area contributed by atoms with Crippen molar-refractivity contribution >= 4 is 39.1 Å². The van der Waals surface area contributed by atoms with Gasteiger partial charge in [-0.05, 0) is 69.3 Å². The van der Waals surface area contributed by atoms with Gasteiger partial charge in [-0.2, -0.15) is 0 Å². The Balaban J connectivity index is 1.60. The van der Waals surface area contributed by atoms with Crippen LogP contribution in [0.2, 0.25) is 0 Å². The second-order valence-corrected chi connectivity index (χ2v) is 8.67. The lowest BCUT2D eigenvalue weighted by atomic mass is 10.2. The summed E-state index contributed by atoms with van der Waals surface area (Å²) in [5, 5.41) is 6.71. The number of likely N-dealkylation sites (N-methyl/N-ethyl adjacent to an activating group) is 1. The number of carbonyl (C=O) groups is 2. The smallest absolute Gasteiger partial charge is 0.238 e. The molecule has 30 heavy (non-hydrogen) atoms. The van der Waals surface area contributed by atoms with E-state index >= 15 is 0 Å². The van der Waals surface area contributed by atoms with E-state index in [0.717, 1.165) is 21.8 Å². The molecule has 6 nitrogen and oxygen atoms in total. The molecule has 3 rings (SSSR count). The molecular formula is C23H28N4O2S. The molecule has 7 heteroatoms. The zero-order valence-corrected chi connectivity index (χ0v) is 18.7. The second kappa shape index (κ2) is 9.82. The quantitative estimate of drug-likeness (QED) is 0.572. The summed E-state index contributed by atoms with van der Waals surface area (Å²) in [6.07, 6.45) is 0. The van der Waals surface area contributed by atoms with Crippen molar-refractivity contribution < 1.29 is 9.59 Å². The number of hydrogen-bond acceptors (Lipinski definition) is 5. The number of benzene rings is 2. The molecule has 1 heterocycles. The van der Waals surface area contributed by atoms with E-state index in [0.29, 0.717) is 6.54 Å². The number of nitrogens with zero attached hydrogens (tertiary/aromatic N) is 2. The van der Waals surface area contributed by atoms with E-state index in [1.54, 1.807) is 11.3 Å². The number of rotatable bonds is 8. The van der Waals surface area contributed by atoms with E-state index in [1.807, 2.05) is 56.0 Å². The minimum atomic E-state index is -0.141. The third-order valence-electron chi connectivity index (χ3n) is 4.59. The van der Waals surface area contributed by atoms with Gasteiger partial charge in [-0.1, -0.05) is 13.0 Å². The molecule has 0 fully saturated rings. The van der Waals surface area contributed by atoms with Crippen LogP contribution in [-0.2, 0) is 9.59 Å². The van der Waals surface area contributed by atoms with Crippen LogP contribution >= 0.6 is 11.3 Å². The highest BCUT2D eigenvalue weighted by molar-refractivity contribution is 7.21. The van der Waals surface area contributed by atoms with Crippen LogP contribution in [0.5, 0.6) is 0 Å². The minimum absolute atomic E-state index is 0.0740. The molecule has 0 bridgehead atoms. The molecule has 2 N–H and O–H groups in total. The highest BCUT2D eigenvalue weighted by Crippen LogP contribution is 2.31. The summed E-state index contributed by atoms with van der Waals surface area (Å²) in [6, 6.07) is 14.0. The molecule has 0 aliphatic heterocycles. The fourth-order valence-corrected chi connectivity index (χ4v) is 4.17. The topological polar surface area (TPSA) is 74.3 Å². The van der Waals surface area contributed by atoms with Gasteiger partial charge in [0.1, 0.15) is 5.01 Å². The van der Waals surface area contributed by atoms with Crippen LogP contribution in [0.3, 0.4) is 0 Å². The van der Waals surface area contributed by atoms with E-state index in [9.17, 15) is 9.59 Å². The lowest BCUT2D eigenvalue weighted by molar-refractivity contribution is -0.123. The number of amides is 2. The van der Waals surface area contributed by atoms with Crippen LogP contribution in [0.4, 0.5) is 5.69 Å². The van der Waals surface area contributed by atoms with Crippen LogP contribution in [0.1, 0.15) is 26.3 Å². The number of aromatic nitrogens is 1. The van der Waals surface area contributed by atoms with Crippen molar-refractivity contribution in [2.45, 2.75) is 33.7 Å². The molecule has 2 aromatic carbocycles. The van der Waals surface area contributed by atoms with Crippen LogP contribution in [0, 0.1) is 6.92 Å². The minimum Gasteiger partial charge on any atom is -0.353 e. The highest BCUT2D eigenvalue weighted by Gasteiger charge is 2.14. The molecule has 0 aliphatic rings. The van der Waals surface area contributed by atoms with Crippen molar-refractivity contribution in [3.63, 3.8) is 0 Å². The zero-order valence-electron chi connectivity index (χ0n) is 17.9. The predicted molar refractivity (Wildman–Crippen MR) is 124 cm³/mol. The Morgan fingerprint density at radius 3 is 2.43 bits per heavy atom. The number of hydrogen-bond donors (Lipinski definition) is 2. The summed E-state index contributed by atoms with van der Waals surface area (Å²) in [7, 11) is 0. The Labute approximate surface area is 181 Å². The summed E-state index contributed by atoms with van der Waals surface area (Å²) in [6.45, 7) is 8.84. The molecule has 0 saturated carbocycles. The molecule has 0 saturated heterocycles. The van der Waals surface area contributed by atoms with E-state index in [1.165, 1.54) is 10.3 Å². The summed E-state index contributed by atoms with van der Waals surface area (Å²) >= 11 is 1.66. The Hall–Kier alpha value is -2.77. The van der Waals surface area contributed by atoms with Gasteiger partial charge >= 0.3 is 0 Å². The lowest BCUT2D eigenvalue weighted by Crippen LogP contribution is -2.42. The van der Waals surface area contributed by atoms with E-state index < -0.39 is 0 Å². The number of thiazole rings is 1. The average molecular weight is 425 g/mol. The first kappa shape index (κ1) is 21.9. The number of anilines is 1. The van der Waals surface area contributed by atoms with Gasteiger partial charge < -0.3 is 10.6 Å². The van der Waals surface area contributed by atoms with Gasteiger partial charge in [-0.25, -0.2) is 4.98 Å². The van der Waals surface area contributed by atoms with Crippen molar-refractivity contribution in [1.29, 1.82) is 0 Å². The molecule has 2 amide bonds. The van der Waals surface area contributed by atoms with Crippen molar-refractivity contribution in [3.05, 3.63) is 48.0 Å². The summed E-state index contributed by atoms with van der Waals surface area (Å²) in [5.74, 6) is -0.215. The van der Waals surface area contributed by atoms with Gasteiger partial charge in [0.2, 0.25) is 11.8 Å². The third kappa shape index (κ3) is 5.87. The first-order chi connectivity index (χ1) is 14.3. The molecule has 1 aromatic heterocycles. The standard InChI is InChI=1S/C23H28N4O2S/c1-5-27(13-21(28)24-15(2)3)14-22(29)25-18-9-7-17(8-10-18)23-26-19-11-6-16(4)12-20(19)30-23/h6-12,15H,5,13-14H2,1-4H3,(H,24,28)(H,25,29). The zero-order chi connectivity index (χ0) is 21.7. The van der Waals surface area contributed by atoms with Crippen molar-refractivity contribution in [3.8, 4) is 10.6 Å². The van der Waals surface area contributed by atoms with E-state index in [2.05, 4.69) is 29.7 Å². The van der Waals surface area contributed by atoms with Crippen molar-refractivity contribution in [2.75, 3.05) is 25.0 Å². The number of nitrogens with one attached hydrogen (secondary N) is 2. The molecule has 0 atom stereocenters. The molecule has 0 radical (unpaired) electrons. The van der Waals surface area contributed by atoms with Gasteiger partial charge in [0.05, 0.1) is 23.3 Å². The lowest BCUT2D eigenvalue weighted by Gasteiger charge is -2.20. The molecule has 0 aliphatic carbocycles. The fourth-order valence-electron chi connectivity index (χ4n) is 3.11. The Kier molecular flexibility index (Phi) is 7.18. The maximum absolute atomic E-state index is 12.4. The van der Waals surface area contributed by atoms with Crippen LogP contribution in [0.15, 0.2) is 42.5 Å². The summed E-state index contributed by atoms with van der Waals surface area (Å²) in [4.78, 5) is 30.8. The molecule has 3 aromatic rings. The van der Waals surface area contributed by atoms with Gasteiger partial charge in [-0.3, -0.25) is 14.5 Å². The molecule has 0 spiro atoms. The Morgan fingerprint density at radius 1 is 1.07 bits per heavy atom. The van der Waals surface area contributed by atoms with Crippen LogP contribution in [0.25, 0.3) is 20.8 Å². The molecule has 158 valence electrons. The number of fused-ring (bicyclic) bond motifs is 1. The number of carbonyl (C=O) groups excluding carboxylic acids is 2. The summed E-state index contributed by atoms with van der Waals surface area (Å²) < 4.78 is 1.17. The first-order valence-corrected chi connectivity index (χ1v) is 10.9. The van der Waals surface area contributed by atoms with Crippen molar-refractivity contribution in [1.82, 2.24) is 15.2 Å². The SMILES string of the molecule is CCN(CC(=O)Nc1ccc(-c2nc3ccc(C)cc3s2)cc1)CC(=O)NC(C)C. The number of aryl methyl sites for hydroxylation is 1. The largest absolute Gasteiger partial charge is 0.353 e. The summed E-state index contributed by atoms with van der Waals surface area (Å²) in [5.41, 5.74) is 3.97. The van der Waals surface area contributed by atoms with Gasteiger partial charge in [0, 0.05) is 17.3 Å². The van der Waals surface area contributed by atoms with Gasteiger partial charge in [-0.15, -0.1) is 11.3 Å². The molecular weight excluding hydrogens is 396 g/mol. The average Bonchev–Trinajstić information content (AvgIpc) is 3.10. The van der Waals surface area contributed by atoms with Gasteiger partial charge in [0.25, 0.3) is 0 Å². The fraction of sp³-hybridized carbons (Fsp3) is 0.348. The third-order valence-corrected chi connectivity index (χ3v) is 5.66.